The van der Waals surface area contributed by atoms with Crippen LogP contribution < -0.4 is 4.90 Å². The lowest BCUT2D eigenvalue weighted by atomic mass is 10.1. The van der Waals surface area contributed by atoms with Gasteiger partial charge >= 0.3 is 0 Å². The average Bonchev–Trinajstić information content (AvgIpc) is 3.03. The molecule has 0 unspecified atom stereocenters. The number of anilines is 1. The molecule has 1 fully saturated rings. The van der Waals surface area contributed by atoms with E-state index in [2.05, 4.69) is 16.0 Å². The van der Waals surface area contributed by atoms with E-state index in [4.69, 9.17) is 11.6 Å². The zero-order chi connectivity index (χ0) is 18.1. The van der Waals surface area contributed by atoms with Crippen molar-refractivity contribution in [1.82, 2.24) is 14.3 Å². The molecule has 26 heavy (non-hydrogen) atoms. The third kappa shape index (κ3) is 3.24. The first kappa shape index (κ1) is 16.8. The Balaban J connectivity index is 1.44. The van der Waals surface area contributed by atoms with Gasteiger partial charge in [0.15, 0.2) is 0 Å². The van der Waals surface area contributed by atoms with Crippen LogP contribution in [0.2, 0.25) is 5.02 Å². The van der Waals surface area contributed by atoms with Crippen LogP contribution in [0, 0.1) is 17.1 Å². The standard InChI is InChI=1S/C19H17ClFN5/c20-15-4-5-18-23-16(13-26(18)11-15)12-24-6-8-25(9-7-24)19-14(10-22)2-1-3-17(19)21/h1-5,11,13H,6-9,12H2. The van der Waals surface area contributed by atoms with E-state index in [1.807, 2.05) is 33.8 Å². The molecule has 0 radical (unpaired) electrons. The smallest absolute Gasteiger partial charge is 0.147 e. The number of para-hydroxylation sites is 1. The fraction of sp³-hybridized carbons (Fsp3) is 0.263. The first-order chi connectivity index (χ1) is 12.6. The van der Waals surface area contributed by atoms with Gasteiger partial charge in [-0.3, -0.25) is 4.90 Å². The lowest BCUT2D eigenvalue weighted by Gasteiger charge is -2.36. The van der Waals surface area contributed by atoms with Crippen LogP contribution in [-0.2, 0) is 6.54 Å². The average molecular weight is 370 g/mol. The van der Waals surface area contributed by atoms with Crippen LogP contribution in [0.25, 0.3) is 5.65 Å². The molecule has 1 aliphatic heterocycles. The second-order valence-electron chi connectivity index (χ2n) is 6.36. The van der Waals surface area contributed by atoms with Crippen molar-refractivity contribution in [3.05, 3.63) is 64.8 Å². The zero-order valence-corrected chi connectivity index (χ0v) is 14.8. The number of imidazole rings is 1. The number of benzene rings is 1. The van der Waals surface area contributed by atoms with Crippen LogP contribution >= 0.6 is 11.6 Å². The Hall–Kier alpha value is -2.62. The molecule has 0 spiro atoms. The molecule has 3 heterocycles. The number of nitriles is 1. The van der Waals surface area contributed by atoms with Gasteiger partial charge in [-0.25, -0.2) is 9.37 Å². The topological polar surface area (TPSA) is 47.6 Å². The predicted octanol–water partition coefficient (Wildman–Crippen LogP) is 3.32. The molecule has 0 amide bonds. The summed E-state index contributed by atoms with van der Waals surface area (Å²) < 4.78 is 16.1. The van der Waals surface area contributed by atoms with Crippen molar-refractivity contribution in [2.24, 2.45) is 0 Å². The fourth-order valence-electron chi connectivity index (χ4n) is 3.38. The summed E-state index contributed by atoms with van der Waals surface area (Å²) in [6.45, 7) is 3.65. The van der Waals surface area contributed by atoms with Crippen LogP contribution in [0.3, 0.4) is 0 Å². The van der Waals surface area contributed by atoms with Gasteiger partial charge in [0.25, 0.3) is 0 Å². The molecule has 2 aromatic heterocycles. The molecule has 5 nitrogen and oxygen atoms in total. The van der Waals surface area contributed by atoms with Crippen LogP contribution in [-0.4, -0.2) is 40.5 Å². The number of aromatic nitrogens is 2. The Morgan fingerprint density at radius 2 is 1.92 bits per heavy atom. The van der Waals surface area contributed by atoms with E-state index in [9.17, 15) is 9.65 Å². The van der Waals surface area contributed by atoms with Gasteiger partial charge in [-0.05, 0) is 24.3 Å². The maximum absolute atomic E-state index is 14.2. The quantitative estimate of drug-likeness (QED) is 0.710. The third-order valence-electron chi connectivity index (χ3n) is 4.65. The van der Waals surface area contributed by atoms with Gasteiger partial charge in [0, 0.05) is 45.1 Å². The van der Waals surface area contributed by atoms with E-state index < -0.39 is 0 Å². The number of hydrogen-bond donors (Lipinski definition) is 0. The van der Waals surface area contributed by atoms with Gasteiger partial charge in [0.1, 0.15) is 17.5 Å². The molecule has 1 aromatic carbocycles. The largest absolute Gasteiger partial charge is 0.366 e. The highest BCUT2D eigenvalue weighted by Crippen LogP contribution is 2.25. The second kappa shape index (κ2) is 6.94. The molecule has 132 valence electrons. The first-order valence-electron chi connectivity index (χ1n) is 8.43. The molecule has 1 aliphatic rings. The van der Waals surface area contributed by atoms with Crippen molar-refractivity contribution in [1.29, 1.82) is 5.26 Å². The van der Waals surface area contributed by atoms with Gasteiger partial charge in [0.2, 0.25) is 0 Å². The monoisotopic (exact) mass is 369 g/mol. The summed E-state index contributed by atoms with van der Waals surface area (Å²) in [4.78, 5) is 8.85. The van der Waals surface area contributed by atoms with E-state index >= 15 is 0 Å². The summed E-state index contributed by atoms with van der Waals surface area (Å²) in [6, 6.07) is 10.4. The first-order valence-corrected chi connectivity index (χ1v) is 8.81. The molecule has 1 saturated heterocycles. The third-order valence-corrected chi connectivity index (χ3v) is 4.87. The van der Waals surface area contributed by atoms with E-state index in [0.29, 0.717) is 29.4 Å². The number of fused-ring (bicyclic) bond motifs is 1. The van der Waals surface area contributed by atoms with Gasteiger partial charge in [-0.1, -0.05) is 17.7 Å². The predicted molar refractivity (Wildman–Crippen MR) is 98.8 cm³/mol. The summed E-state index contributed by atoms with van der Waals surface area (Å²) in [5.41, 5.74) is 2.64. The van der Waals surface area contributed by atoms with Crippen molar-refractivity contribution >= 4 is 22.9 Å². The number of pyridine rings is 1. The van der Waals surface area contributed by atoms with Crippen molar-refractivity contribution in [3.8, 4) is 6.07 Å². The van der Waals surface area contributed by atoms with E-state index in [0.717, 1.165) is 31.0 Å². The Morgan fingerprint density at radius 1 is 1.12 bits per heavy atom. The lowest BCUT2D eigenvalue weighted by Crippen LogP contribution is -2.46. The highest BCUT2D eigenvalue weighted by Gasteiger charge is 2.22. The molecule has 0 bridgehead atoms. The van der Waals surface area contributed by atoms with Crippen molar-refractivity contribution < 1.29 is 4.39 Å². The Bertz CT molecular complexity index is 985. The van der Waals surface area contributed by atoms with E-state index in [-0.39, 0.29) is 5.82 Å². The summed E-state index contributed by atoms with van der Waals surface area (Å²) in [6.07, 6.45) is 3.82. The molecule has 0 aliphatic carbocycles. The number of piperazine rings is 1. The number of nitrogens with zero attached hydrogens (tertiary/aromatic N) is 5. The zero-order valence-electron chi connectivity index (χ0n) is 14.1. The minimum atomic E-state index is -0.338. The summed E-state index contributed by atoms with van der Waals surface area (Å²) >= 11 is 6.01. The van der Waals surface area contributed by atoms with Crippen LogP contribution in [0.15, 0.2) is 42.7 Å². The minimum absolute atomic E-state index is 0.338. The van der Waals surface area contributed by atoms with E-state index in [1.165, 1.54) is 6.07 Å². The molecular weight excluding hydrogens is 353 g/mol. The molecule has 0 saturated carbocycles. The summed E-state index contributed by atoms with van der Waals surface area (Å²) in [7, 11) is 0. The van der Waals surface area contributed by atoms with Gasteiger partial charge < -0.3 is 9.30 Å². The van der Waals surface area contributed by atoms with E-state index in [1.54, 1.807) is 12.1 Å². The maximum Gasteiger partial charge on any atom is 0.147 e. The van der Waals surface area contributed by atoms with Crippen molar-refractivity contribution in [2.45, 2.75) is 6.54 Å². The molecular formula is C19H17ClFN5. The fourth-order valence-corrected chi connectivity index (χ4v) is 3.55. The Labute approximate surface area is 155 Å². The number of rotatable bonds is 3. The minimum Gasteiger partial charge on any atom is -0.366 e. The maximum atomic E-state index is 14.2. The van der Waals surface area contributed by atoms with Crippen molar-refractivity contribution in [3.63, 3.8) is 0 Å². The van der Waals surface area contributed by atoms with Crippen LogP contribution in [0.5, 0.6) is 0 Å². The SMILES string of the molecule is N#Cc1cccc(F)c1N1CCN(Cc2cn3cc(Cl)ccc3n2)CC1. The summed E-state index contributed by atoms with van der Waals surface area (Å²) in [5.74, 6) is -0.338. The van der Waals surface area contributed by atoms with Gasteiger partial charge in [0.05, 0.1) is 22.0 Å². The lowest BCUT2D eigenvalue weighted by molar-refractivity contribution is 0.247. The highest BCUT2D eigenvalue weighted by molar-refractivity contribution is 6.30. The normalized spacial score (nSPS) is 15.3. The molecule has 3 aromatic rings. The van der Waals surface area contributed by atoms with Crippen LogP contribution in [0.1, 0.15) is 11.3 Å². The summed E-state index contributed by atoms with van der Waals surface area (Å²) in [5, 5.41) is 9.91. The number of hydrogen-bond acceptors (Lipinski definition) is 4. The van der Waals surface area contributed by atoms with Gasteiger partial charge in [-0.2, -0.15) is 5.26 Å². The van der Waals surface area contributed by atoms with Crippen molar-refractivity contribution in [2.75, 3.05) is 31.1 Å². The van der Waals surface area contributed by atoms with Crippen LogP contribution in [0.4, 0.5) is 10.1 Å². The molecule has 0 N–H and O–H groups in total. The molecule has 7 heteroatoms. The molecule has 0 atom stereocenters. The van der Waals surface area contributed by atoms with Gasteiger partial charge in [-0.15, -0.1) is 0 Å². The number of halogens is 2. The highest BCUT2D eigenvalue weighted by atomic mass is 35.5. The Kier molecular flexibility index (Phi) is 4.49. The Morgan fingerprint density at radius 3 is 2.69 bits per heavy atom. The molecule has 4 rings (SSSR count). The second-order valence-corrected chi connectivity index (χ2v) is 6.79.